The van der Waals surface area contributed by atoms with Crippen LogP contribution in [0.5, 0.6) is 0 Å². The van der Waals surface area contributed by atoms with E-state index in [2.05, 4.69) is 6.92 Å². The van der Waals surface area contributed by atoms with Crippen molar-refractivity contribution >= 4 is 5.97 Å². The standard InChI is InChI=1S/C18H26O3/c1-5-6-8-13-15-16(19)21-17(2,18(15,3)20-4)14-11-9-7-10-12-14/h7,9-12,15H,5-6,8,13H2,1-4H3. The van der Waals surface area contributed by atoms with Crippen molar-refractivity contribution in [1.29, 1.82) is 0 Å². The van der Waals surface area contributed by atoms with E-state index in [1.54, 1.807) is 7.11 Å². The molecule has 21 heavy (non-hydrogen) atoms. The Morgan fingerprint density at radius 2 is 1.86 bits per heavy atom. The van der Waals surface area contributed by atoms with E-state index < -0.39 is 11.2 Å². The highest BCUT2D eigenvalue weighted by molar-refractivity contribution is 5.78. The van der Waals surface area contributed by atoms with Crippen LogP contribution in [0.15, 0.2) is 30.3 Å². The molecule has 0 N–H and O–H groups in total. The Morgan fingerprint density at radius 3 is 2.43 bits per heavy atom. The molecule has 0 amide bonds. The van der Waals surface area contributed by atoms with Crippen LogP contribution in [0.25, 0.3) is 0 Å². The van der Waals surface area contributed by atoms with Crippen molar-refractivity contribution in [3.63, 3.8) is 0 Å². The molecule has 0 spiro atoms. The van der Waals surface area contributed by atoms with Gasteiger partial charge in [-0.1, -0.05) is 56.5 Å². The molecule has 2 rings (SSSR count). The average molecular weight is 290 g/mol. The van der Waals surface area contributed by atoms with E-state index in [1.165, 1.54) is 0 Å². The van der Waals surface area contributed by atoms with Crippen LogP contribution in [0.4, 0.5) is 0 Å². The summed E-state index contributed by atoms with van der Waals surface area (Å²) in [4.78, 5) is 12.4. The van der Waals surface area contributed by atoms with Gasteiger partial charge < -0.3 is 9.47 Å². The molecule has 1 fully saturated rings. The number of methoxy groups -OCH3 is 1. The number of unbranched alkanes of at least 4 members (excludes halogenated alkanes) is 2. The molecule has 1 aromatic rings. The Hall–Kier alpha value is -1.35. The van der Waals surface area contributed by atoms with Gasteiger partial charge in [-0.2, -0.15) is 0 Å². The molecule has 3 unspecified atom stereocenters. The first-order valence-corrected chi connectivity index (χ1v) is 7.83. The van der Waals surface area contributed by atoms with E-state index in [0.29, 0.717) is 0 Å². The minimum atomic E-state index is -0.739. The second-order valence-corrected chi connectivity index (χ2v) is 6.18. The highest BCUT2D eigenvalue weighted by Gasteiger charge is 2.62. The van der Waals surface area contributed by atoms with Crippen molar-refractivity contribution in [2.24, 2.45) is 5.92 Å². The van der Waals surface area contributed by atoms with Crippen molar-refractivity contribution in [2.75, 3.05) is 7.11 Å². The van der Waals surface area contributed by atoms with E-state index in [1.807, 2.05) is 44.2 Å². The maximum absolute atomic E-state index is 12.4. The molecule has 1 aromatic carbocycles. The molecule has 0 radical (unpaired) electrons. The molecular formula is C18H26O3. The first kappa shape index (κ1) is 16.0. The SMILES string of the molecule is CCCCCC1C(=O)OC(C)(c2ccccc2)C1(C)OC. The molecule has 0 aliphatic carbocycles. The lowest BCUT2D eigenvalue weighted by Crippen LogP contribution is -2.49. The van der Waals surface area contributed by atoms with Crippen molar-refractivity contribution < 1.29 is 14.3 Å². The van der Waals surface area contributed by atoms with Gasteiger partial charge in [0.1, 0.15) is 5.60 Å². The van der Waals surface area contributed by atoms with E-state index in [4.69, 9.17) is 9.47 Å². The summed E-state index contributed by atoms with van der Waals surface area (Å²) in [7, 11) is 1.68. The molecule has 3 nitrogen and oxygen atoms in total. The van der Waals surface area contributed by atoms with E-state index in [9.17, 15) is 4.79 Å². The first-order chi connectivity index (χ1) is 9.99. The van der Waals surface area contributed by atoms with Crippen molar-refractivity contribution in [1.82, 2.24) is 0 Å². The fourth-order valence-electron chi connectivity index (χ4n) is 3.36. The lowest BCUT2D eigenvalue weighted by molar-refractivity contribution is -0.158. The Kier molecular flexibility index (Phi) is 4.72. The molecule has 3 heteroatoms. The number of rotatable bonds is 6. The van der Waals surface area contributed by atoms with Gasteiger partial charge in [-0.15, -0.1) is 0 Å². The summed E-state index contributed by atoms with van der Waals surface area (Å²) < 4.78 is 11.7. The molecule has 1 heterocycles. The van der Waals surface area contributed by atoms with Gasteiger partial charge in [-0.25, -0.2) is 0 Å². The fourth-order valence-corrected chi connectivity index (χ4v) is 3.36. The maximum Gasteiger partial charge on any atom is 0.313 e. The molecule has 1 aliphatic heterocycles. The molecule has 1 saturated heterocycles. The van der Waals surface area contributed by atoms with Gasteiger partial charge in [-0.05, 0) is 25.8 Å². The molecule has 0 bridgehead atoms. The number of esters is 1. The van der Waals surface area contributed by atoms with Gasteiger partial charge in [0, 0.05) is 7.11 Å². The van der Waals surface area contributed by atoms with E-state index >= 15 is 0 Å². The Balaban J connectivity index is 2.33. The largest absolute Gasteiger partial charge is 0.451 e. The van der Waals surface area contributed by atoms with Gasteiger partial charge >= 0.3 is 5.97 Å². The number of carbonyl (C=O) groups is 1. The summed E-state index contributed by atoms with van der Waals surface area (Å²) >= 11 is 0. The Labute approximate surface area is 127 Å². The van der Waals surface area contributed by atoms with Crippen LogP contribution in [0.3, 0.4) is 0 Å². The van der Waals surface area contributed by atoms with Gasteiger partial charge in [-0.3, -0.25) is 4.79 Å². The van der Waals surface area contributed by atoms with E-state index in [-0.39, 0.29) is 11.9 Å². The van der Waals surface area contributed by atoms with Crippen molar-refractivity contribution in [2.45, 2.75) is 57.7 Å². The zero-order valence-electron chi connectivity index (χ0n) is 13.5. The molecular weight excluding hydrogens is 264 g/mol. The summed E-state index contributed by atoms with van der Waals surface area (Å²) in [6.07, 6.45) is 4.12. The average Bonchev–Trinajstić information content (AvgIpc) is 2.70. The summed E-state index contributed by atoms with van der Waals surface area (Å²) in [5.74, 6) is -0.346. The number of carbonyl (C=O) groups excluding carboxylic acids is 1. The number of hydrogen-bond donors (Lipinski definition) is 0. The number of benzene rings is 1. The highest BCUT2D eigenvalue weighted by Crippen LogP contribution is 2.51. The minimum absolute atomic E-state index is 0.137. The third-order valence-corrected chi connectivity index (χ3v) is 5.05. The van der Waals surface area contributed by atoms with Crippen LogP contribution in [0.2, 0.25) is 0 Å². The topological polar surface area (TPSA) is 35.5 Å². The van der Waals surface area contributed by atoms with Crippen LogP contribution in [0.1, 0.15) is 52.0 Å². The van der Waals surface area contributed by atoms with Crippen LogP contribution in [-0.2, 0) is 19.9 Å². The van der Waals surface area contributed by atoms with Gasteiger partial charge in [0.2, 0.25) is 0 Å². The highest BCUT2D eigenvalue weighted by atomic mass is 16.6. The van der Waals surface area contributed by atoms with Crippen LogP contribution >= 0.6 is 0 Å². The van der Waals surface area contributed by atoms with Crippen LogP contribution in [0, 0.1) is 5.92 Å². The number of hydrogen-bond acceptors (Lipinski definition) is 3. The predicted molar refractivity (Wildman–Crippen MR) is 82.9 cm³/mol. The Bertz CT molecular complexity index is 484. The van der Waals surface area contributed by atoms with Gasteiger partial charge in [0.25, 0.3) is 0 Å². The number of ether oxygens (including phenoxy) is 2. The summed E-state index contributed by atoms with van der Waals surface area (Å²) in [5, 5.41) is 0. The van der Waals surface area contributed by atoms with Crippen LogP contribution < -0.4 is 0 Å². The van der Waals surface area contributed by atoms with Crippen LogP contribution in [-0.4, -0.2) is 18.7 Å². The molecule has 3 atom stereocenters. The lowest BCUT2D eigenvalue weighted by Gasteiger charge is -2.40. The maximum atomic E-state index is 12.4. The second-order valence-electron chi connectivity index (χ2n) is 6.18. The molecule has 1 aliphatic rings. The summed E-state index contributed by atoms with van der Waals surface area (Å²) in [6, 6.07) is 9.90. The zero-order valence-corrected chi connectivity index (χ0v) is 13.5. The van der Waals surface area contributed by atoms with Crippen molar-refractivity contribution in [3.05, 3.63) is 35.9 Å². The Morgan fingerprint density at radius 1 is 1.19 bits per heavy atom. The third-order valence-electron chi connectivity index (χ3n) is 5.05. The monoisotopic (exact) mass is 290 g/mol. The van der Waals surface area contributed by atoms with Gasteiger partial charge in [0.05, 0.1) is 5.92 Å². The summed E-state index contributed by atoms with van der Waals surface area (Å²) in [5.41, 5.74) is -0.392. The summed E-state index contributed by atoms with van der Waals surface area (Å²) in [6.45, 7) is 6.13. The van der Waals surface area contributed by atoms with E-state index in [0.717, 1.165) is 31.2 Å². The second kappa shape index (κ2) is 6.18. The molecule has 0 aromatic heterocycles. The predicted octanol–water partition coefficient (Wildman–Crippen LogP) is 4.06. The smallest absolute Gasteiger partial charge is 0.313 e. The quantitative estimate of drug-likeness (QED) is 0.585. The normalized spacial score (nSPS) is 32.2. The molecule has 0 saturated carbocycles. The minimum Gasteiger partial charge on any atom is -0.451 e. The molecule has 116 valence electrons. The van der Waals surface area contributed by atoms with Gasteiger partial charge in [0.15, 0.2) is 5.60 Å². The fraction of sp³-hybridized carbons (Fsp3) is 0.611. The number of cyclic esters (lactones) is 1. The zero-order chi connectivity index (χ0) is 15.5. The lowest BCUT2D eigenvalue weighted by atomic mass is 9.73. The third kappa shape index (κ3) is 2.59. The first-order valence-electron chi connectivity index (χ1n) is 7.83. The van der Waals surface area contributed by atoms with Crippen molar-refractivity contribution in [3.8, 4) is 0 Å².